The van der Waals surface area contributed by atoms with Crippen LogP contribution in [0.3, 0.4) is 0 Å². The maximum atomic E-state index is 12.7. The Morgan fingerprint density at radius 2 is 2.10 bits per heavy atom. The van der Waals surface area contributed by atoms with Crippen molar-refractivity contribution in [2.75, 3.05) is 12.3 Å². The van der Waals surface area contributed by atoms with Gasteiger partial charge in [-0.3, -0.25) is 4.79 Å². The first-order valence-corrected chi connectivity index (χ1v) is 7.37. The molecule has 0 radical (unpaired) electrons. The van der Waals surface area contributed by atoms with E-state index in [1.807, 2.05) is 0 Å². The predicted molar refractivity (Wildman–Crippen MR) is 78.4 cm³/mol. The summed E-state index contributed by atoms with van der Waals surface area (Å²) in [6.45, 7) is 1.63. The summed E-state index contributed by atoms with van der Waals surface area (Å²) in [6, 6.07) is 9.26. The third-order valence-electron chi connectivity index (χ3n) is 2.87. The van der Waals surface area contributed by atoms with Crippen LogP contribution < -0.4 is 5.32 Å². The molecule has 1 heterocycles. The zero-order valence-corrected chi connectivity index (χ0v) is 12.3. The highest BCUT2D eigenvalue weighted by Crippen LogP contribution is 2.20. The van der Waals surface area contributed by atoms with Gasteiger partial charge >= 0.3 is 0 Å². The highest BCUT2D eigenvalue weighted by atomic mass is 32.2. The summed E-state index contributed by atoms with van der Waals surface area (Å²) >= 11 is 1.30. The van der Waals surface area contributed by atoms with E-state index >= 15 is 0 Å². The van der Waals surface area contributed by atoms with Gasteiger partial charge in [-0.15, -0.1) is 11.8 Å². The van der Waals surface area contributed by atoms with Gasteiger partial charge in [-0.25, -0.2) is 4.39 Å². The maximum Gasteiger partial charge on any atom is 0.230 e. The van der Waals surface area contributed by atoms with Crippen molar-refractivity contribution in [1.82, 2.24) is 5.32 Å². The monoisotopic (exact) mass is 309 g/mol. The Balaban J connectivity index is 1.78. The second-order valence-electron chi connectivity index (χ2n) is 4.77. The van der Waals surface area contributed by atoms with E-state index in [1.54, 1.807) is 31.2 Å². The van der Waals surface area contributed by atoms with E-state index < -0.39 is 5.60 Å². The summed E-state index contributed by atoms with van der Waals surface area (Å²) in [6.07, 6.45) is 1.47. The Bertz CT molecular complexity index is 581. The summed E-state index contributed by atoms with van der Waals surface area (Å²) in [4.78, 5) is 12.6. The molecule has 1 amide bonds. The second kappa shape index (κ2) is 6.78. The lowest BCUT2D eigenvalue weighted by Gasteiger charge is -2.21. The van der Waals surface area contributed by atoms with E-state index in [1.165, 1.54) is 30.2 Å². The lowest BCUT2D eigenvalue weighted by molar-refractivity contribution is -0.119. The Hall–Kier alpha value is -1.79. The first kappa shape index (κ1) is 15.6. The molecule has 0 aliphatic rings. The quantitative estimate of drug-likeness (QED) is 0.805. The number of halogens is 1. The number of thioether (sulfide) groups is 1. The Kier molecular flexibility index (Phi) is 5.03. The van der Waals surface area contributed by atoms with Gasteiger partial charge in [0, 0.05) is 4.90 Å². The molecule has 1 atom stereocenters. The van der Waals surface area contributed by atoms with Gasteiger partial charge in [0.05, 0.1) is 18.6 Å². The van der Waals surface area contributed by atoms with Gasteiger partial charge in [0.2, 0.25) is 5.91 Å². The van der Waals surface area contributed by atoms with Crippen LogP contribution in [0.25, 0.3) is 0 Å². The summed E-state index contributed by atoms with van der Waals surface area (Å²) in [7, 11) is 0. The van der Waals surface area contributed by atoms with Gasteiger partial charge in [0.25, 0.3) is 0 Å². The highest BCUT2D eigenvalue weighted by molar-refractivity contribution is 8.00. The number of aliphatic hydroxyl groups is 1. The number of amides is 1. The van der Waals surface area contributed by atoms with E-state index in [0.29, 0.717) is 5.76 Å². The van der Waals surface area contributed by atoms with Crippen molar-refractivity contribution in [3.63, 3.8) is 0 Å². The van der Waals surface area contributed by atoms with Crippen molar-refractivity contribution in [3.05, 3.63) is 54.2 Å². The minimum Gasteiger partial charge on any atom is -0.466 e. The van der Waals surface area contributed by atoms with Crippen LogP contribution in [0.2, 0.25) is 0 Å². The van der Waals surface area contributed by atoms with Crippen molar-refractivity contribution < 1.29 is 18.7 Å². The fraction of sp³-hybridized carbons (Fsp3) is 0.267. The largest absolute Gasteiger partial charge is 0.466 e. The van der Waals surface area contributed by atoms with Crippen LogP contribution in [0.5, 0.6) is 0 Å². The molecule has 6 heteroatoms. The molecule has 4 nitrogen and oxygen atoms in total. The molecule has 0 aliphatic carbocycles. The molecule has 0 saturated carbocycles. The summed E-state index contributed by atoms with van der Waals surface area (Å²) in [5, 5.41) is 12.8. The second-order valence-corrected chi connectivity index (χ2v) is 5.82. The van der Waals surface area contributed by atoms with Crippen LogP contribution in [-0.4, -0.2) is 23.3 Å². The molecule has 112 valence electrons. The van der Waals surface area contributed by atoms with E-state index in [9.17, 15) is 14.3 Å². The number of carbonyl (C=O) groups is 1. The fourth-order valence-corrected chi connectivity index (χ4v) is 2.40. The fourth-order valence-electron chi connectivity index (χ4n) is 1.67. The minimum atomic E-state index is -1.25. The lowest BCUT2D eigenvalue weighted by atomic mass is 10.0. The van der Waals surface area contributed by atoms with Gasteiger partial charge in [-0.2, -0.15) is 0 Å². The van der Waals surface area contributed by atoms with E-state index in [4.69, 9.17) is 4.42 Å². The maximum absolute atomic E-state index is 12.7. The molecule has 0 saturated heterocycles. The molecule has 21 heavy (non-hydrogen) atoms. The zero-order chi connectivity index (χ0) is 15.3. The van der Waals surface area contributed by atoms with Crippen LogP contribution in [0, 0.1) is 5.82 Å². The van der Waals surface area contributed by atoms with Gasteiger partial charge < -0.3 is 14.8 Å². The average Bonchev–Trinajstić information content (AvgIpc) is 3.00. The number of rotatable bonds is 6. The SMILES string of the molecule is C[C@](O)(CNC(=O)CSc1ccc(F)cc1)c1ccco1. The van der Waals surface area contributed by atoms with Gasteiger partial charge in [-0.1, -0.05) is 0 Å². The molecule has 0 bridgehead atoms. The van der Waals surface area contributed by atoms with Gasteiger partial charge in [0.15, 0.2) is 0 Å². The van der Waals surface area contributed by atoms with Crippen molar-refractivity contribution in [1.29, 1.82) is 0 Å². The lowest BCUT2D eigenvalue weighted by Crippen LogP contribution is -2.39. The van der Waals surface area contributed by atoms with Crippen molar-refractivity contribution >= 4 is 17.7 Å². The molecule has 0 aliphatic heterocycles. The molecular weight excluding hydrogens is 293 g/mol. The van der Waals surface area contributed by atoms with Crippen molar-refractivity contribution in [3.8, 4) is 0 Å². The van der Waals surface area contributed by atoms with Crippen molar-refractivity contribution in [2.24, 2.45) is 0 Å². The third-order valence-corrected chi connectivity index (χ3v) is 3.88. The Labute approximate surface area is 126 Å². The molecule has 0 fully saturated rings. The smallest absolute Gasteiger partial charge is 0.230 e. The molecule has 1 aromatic carbocycles. The van der Waals surface area contributed by atoms with Crippen LogP contribution in [-0.2, 0) is 10.4 Å². The molecule has 2 N–H and O–H groups in total. The van der Waals surface area contributed by atoms with E-state index in [2.05, 4.69) is 5.32 Å². The summed E-state index contributed by atoms with van der Waals surface area (Å²) in [5.74, 6) is 0.0725. The highest BCUT2D eigenvalue weighted by Gasteiger charge is 2.26. The van der Waals surface area contributed by atoms with Gasteiger partial charge in [-0.05, 0) is 43.3 Å². The van der Waals surface area contributed by atoms with Gasteiger partial charge in [0.1, 0.15) is 17.2 Å². The summed E-state index contributed by atoms with van der Waals surface area (Å²) in [5.41, 5.74) is -1.25. The molecule has 0 unspecified atom stereocenters. The first-order chi connectivity index (χ1) is 9.97. The molecule has 2 rings (SSSR count). The number of nitrogens with one attached hydrogen (secondary N) is 1. The minimum absolute atomic E-state index is 0.0589. The van der Waals surface area contributed by atoms with Crippen molar-refractivity contribution in [2.45, 2.75) is 17.4 Å². The topological polar surface area (TPSA) is 62.5 Å². The van der Waals surface area contributed by atoms with Crippen LogP contribution in [0.1, 0.15) is 12.7 Å². The third kappa shape index (κ3) is 4.61. The number of carbonyl (C=O) groups excluding carboxylic acids is 1. The van der Waals surface area contributed by atoms with Crippen LogP contribution in [0.15, 0.2) is 52.0 Å². The average molecular weight is 309 g/mol. The van der Waals surface area contributed by atoms with Crippen LogP contribution >= 0.6 is 11.8 Å². The van der Waals surface area contributed by atoms with Crippen LogP contribution in [0.4, 0.5) is 4.39 Å². The molecule has 2 aromatic rings. The first-order valence-electron chi connectivity index (χ1n) is 6.39. The molecule has 0 spiro atoms. The summed E-state index contributed by atoms with van der Waals surface area (Å²) < 4.78 is 17.9. The molecule has 1 aromatic heterocycles. The number of benzene rings is 1. The zero-order valence-electron chi connectivity index (χ0n) is 11.5. The van der Waals surface area contributed by atoms with E-state index in [0.717, 1.165) is 4.90 Å². The normalized spacial score (nSPS) is 13.7. The Morgan fingerprint density at radius 1 is 1.38 bits per heavy atom. The standard InChI is InChI=1S/C15H16FNO3S/c1-15(19,13-3-2-8-20-13)10-17-14(18)9-21-12-6-4-11(16)5-7-12/h2-8,19H,9-10H2,1H3,(H,17,18)/t15-/m0/s1. The number of hydrogen-bond donors (Lipinski definition) is 2. The molecular formula is C15H16FNO3S. The number of hydrogen-bond acceptors (Lipinski definition) is 4. The number of furan rings is 1. The Morgan fingerprint density at radius 3 is 2.71 bits per heavy atom. The van der Waals surface area contributed by atoms with E-state index in [-0.39, 0.29) is 24.0 Å². The predicted octanol–water partition coefficient (Wildman–Crippen LogP) is 2.53.